The minimum Gasteiger partial charge on any atom is -0.479 e. The number of aliphatic hydroxyl groups is 3. The van der Waals surface area contributed by atoms with Crippen LogP contribution in [0, 0.1) is 0 Å². The molecule has 6 atom stereocenters. The van der Waals surface area contributed by atoms with Crippen molar-refractivity contribution in [3.05, 3.63) is 85.1 Å². The van der Waals surface area contributed by atoms with Crippen LogP contribution in [0.5, 0.6) is 0 Å². The second-order valence-corrected chi connectivity index (χ2v) is 15.2. The van der Waals surface area contributed by atoms with Crippen molar-refractivity contribution < 1.29 is 53.8 Å². The Morgan fingerprint density at radius 1 is 0.533 bits per heavy atom. The lowest BCUT2D eigenvalue weighted by Crippen LogP contribution is -2.60. The summed E-state index contributed by atoms with van der Waals surface area (Å²) in [6, 6.07) is 0. The number of carbonyl (C=O) groups is 3. The van der Waals surface area contributed by atoms with E-state index >= 15 is 0 Å². The van der Waals surface area contributed by atoms with Crippen molar-refractivity contribution >= 4 is 17.9 Å². The quantitative estimate of drug-likeness (QED) is 0.0269. The summed E-state index contributed by atoms with van der Waals surface area (Å²) in [4.78, 5) is 36.8. The Morgan fingerprint density at radius 2 is 1.00 bits per heavy atom. The third-order valence-electron chi connectivity index (χ3n) is 9.73. The van der Waals surface area contributed by atoms with Gasteiger partial charge in [-0.05, 0) is 83.5 Å². The molecule has 11 nitrogen and oxygen atoms in total. The predicted octanol–water partition coefficient (Wildman–Crippen LogP) is 9.87. The van der Waals surface area contributed by atoms with E-state index < -0.39 is 61.3 Å². The van der Waals surface area contributed by atoms with Gasteiger partial charge in [0.1, 0.15) is 24.9 Å². The SMILES string of the molecule is CC/C=C\C/C=C\C/C=C\C/C=C\C/C=C\CCCC(=O)OCC(COC1OC(C(=O)O)C(O)C(O)C1O)OC(=O)CCCCCCCCC/C=C\C/C=C\CCCCC. The van der Waals surface area contributed by atoms with Gasteiger partial charge >= 0.3 is 17.9 Å². The highest BCUT2D eigenvalue weighted by Crippen LogP contribution is 2.23. The number of hydrogen-bond acceptors (Lipinski definition) is 10. The van der Waals surface area contributed by atoms with Crippen LogP contribution >= 0.6 is 0 Å². The van der Waals surface area contributed by atoms with Crippen LogP contribution in [0.4, 0.5) is 0 Å². The number of esters is 2. The van der Waals surface area contributed by atoms with Gasteiger partial charge in [-0.2, -0.15) is 0 Å². The Balaban J connectivity index is 2.42. The number of allylic oxidation sites excluding steroid dienone is 14. The van der Waals surface area contributed by atoms with Crippen molar-refractivity contribution in [3.8, 4) is 0 Å². The fraction of sp³-hybridized carbons (Fsp3) is 0.653. The molecule has 1 heterocycles. The highest BCUT2D eigenvalue weighted by Gasteiger charge is 2.47. The molecule has 0 aromatic heterocycles. The van der Waals surface area contributed by atoms with E-state index in [1.165, 1.54) is 38.5 Å². The van der Waals surface area contributed by atoms with E-state index in [9.17, 15) is 34.8 Å². The molecule has 4 N–H and O–H groups in total. The zero-order valence-electron chi connectivity index (χ0n) is 36.7. The standard InChI is InChI=1S/C49H78O11/c1-3-5-7-9-11-13-15-17-19-21-23-25-27-29-31-33-35-37-42(50)57-39-41(40-58-49-46(54)44(52)45(53)47(60-49)48(55)56)59-43(51)38-36-34-32-30-28-26-24-22-20-18-16-14-12-10-8-6-4-2/h5,7,11-14,17-20,23,25,29,31,41,44-47,49,52-54H,3-4,6,8-10,15-16,21-22,24,26-28,30,32-40H2,1-2H3,(H,55,56)/b7-5-,13-11-,14-12-,19-17-,20-18-,25-23-,31-29-. The van der Waals surface area contributed by atoms with Crippen LogP contribution in [0.2, 0.25) is 0 Å². The number of hydrogen-bond donors (Lipinski definition) is 4. The maximum atomic E-state index is 12.8. The first-order chi connectivity index (χ1) is 29.2. The van der Waals surface area contributed by atoms with Crippen LogP contribution in [-0.2, 0) is 33.3 Å². The molecule has 0 spiro atoms. The summed E-state index contributed by atoms with van der Waals surface area (Å²) in [6.45, 7) is 3.60. The number of rotatable bonds is 36. The molecule has 0 bridgehead atoms. The Morgan fingerprint density at radius 3 is 1.53 bits per heavy atom. The fourth-order valence-electron chi connectivity index (χ4n) is 6.18. The van der Waals surface area contributed by atoms with Crippen LogP contribution in [0.25, 0.3) is 0 Å². The number of carbonyl (C=O) groups excluding carboxylic acids is 2. The van der Waals surface area contributed by atoms with Crippen molar-refractivity contribution in [2.45, 2.75) is 192 Å². The summed E-state index contributed by atoms with van der Waals surface area (Å²) in [6.07, 6.45) is 40.6. The minimum absolute atomic E-state index is 0.151. The van der Waals surface area contributed by atoms with Crippen molar-refractivity contribution in [1.29, 1.82) is 0 Å². The third kappa shape index (κ3) is 29.6. The predicted molar refractivity (Wildman–Crippen MR) is 238 cm³/mol. The Labute approximate surface area is 361 Å². The van der Waals surface area contributed by atoms with E-state index in [1.54, 1.807) is 0 Å². The monoisotopic (exact) mass is 843 g/mol. The Bertz CT molecular complexity index is 1310. The molecule has 0 amide bonds. The summed E-state index contributed by atoms with van der Waals surface area (Å²) in [5.74, 6) is -2.54. The highest BCUT2D eigenvalue weighted by atomic mass is 16.7. The van der Waals surface area contributed by atoms with Crippen molar-refractivity contribution in [3.63, 3.8) is 0 Å². The van der Waals surface area contributed by atoms with E-state index in [1.807, 2.05) is 12.2 Å². The lowest BCUT2D eigenvalue weighted by molar-refractivity contribution is -0.298. The van der Waals surface area contributed by atoms with Crippen LogP contribution in [0.15, 0.2) is 85.1 Å². The average Bonchev–Trinajstić information content (AvgIpc) is 3.23. The first-order valence-electron chi connectivity index (χ1n) is 22.6. The van der Waals surface area contributed by atoms with Crippen LogP contribution in [-0.4, -0.2) is 88.4 Å². The zero-order valence-corrected chi connectivity index (χ0v) is 36.7. The normalized spacial score (nSPS) is 20.6. The first kappa shape index (κ1) is 54.4. The van der Waals surface area contributed by atoms with Crippen molar-refractivity contribution in [2.24, 2.45) is 0 Å². The van der Waals surface area contributed by atoms with Crippen LogP contribution in [0.3, 0.4) is 0 Å². The van der Waals surface area contributed by atoms with Gasteiger partial charge in [0.25, 0.3) is 0 Å². The molecule has 0 aromatic rings. The number of carboxylic acid groups (broad SMARTS) is 1. The summed E-state index contributed by atoms with van der Waals surface area (Å²) in [7, 11) is 0. The van der Waals surface area contributed by atoms with E-state index in [-0.39, 0.29) is 19.4 Å². The fourth-order valence-corrected chi connectivity index (χ4v) is 6.18. The summed E-state index contributed by atoms with van der Waals surface area (Å²) < 4.78 is 21.7. The van der Waals surface area contributed by atoms with Gasteiger partial charge in [-0.25, -0.2) is 4.79 Å². The Kier molecular flexibility index (Phi) is 34.8. The van der Waals surface area contributed by atoms with E-state index in [4.69, 9.17) is 18.9 Å². The molecular formula is C49H78O11. The summed E-state index contributed by atoms with van der Waals surface area (Å²) in [5, 5.41) is 39.8. The molecule has 1 saturated heterocycles. The molecule has 0 aromatic carbocycles. The van der Waals surface area contributed by atoms with Gasteiger partial charge in [-0.15, -0.1) is 0 Å². The van der Waals surface area contributed by atoms with Gasteiger partial charge < -0.3 is 39.4 Å². The van der Waals surface area contributed by atoms with Gasteiger partial charge in [-0.1, -0.05) is 144 Å². The molecule has 1 fully saturated rings. The molecule has 6 unspecified atom stereocenters. The third-order valence-corrected chi connectivity index (χ3v) is 9.73. The largest absolute Gasteiger partial charge is 0.479 e. The topological polar surface area (TPSA) is 169 Å². The van der Waals surface area contributed by atoms with Crippen molar-refractivity contribution in [2.75, 3.05) is 13.2 Å². The molecule has 1 aliphatic rings. The van der Waals surface area contributed by atoms with E-state index in [0.29, 0.717) is 19.3 Å². The summed E-state index contributed by atoms with van der Waals surface area (Å²) in [5.41, 5.74) is 0. The maximum Gasteiger partial charge on any atom is 0.335 e. The molecule has 11 heteroatoms. The van der Waals surface area contributed by atoms with Gasteiger partial charge in [0, 0.05) is 12.8 Å². The first-order valence-corrected chi connectivity index (χ1v) is 22.6. The van der Waals surface area contributed by atoms with E-state index in [0.717, 1.165) is 70.6 Å². The van der Waals surface area contributed by atoms with Gasteiger partial charge in [-0.3, -0.25) is 9.59 Å². The van der Waals surface area contributed by atoms with Gasteiger partial charge in [0.05, 0.1) is 6.61 Å². The molecule has 1 aliphatic heterocycles. The van der Waals surface area contributed by atoms with Crippen molar-refractivity contribution in [1.82, 2.24) is 0 Å². The number of aliphatic carboxylic acids is 1. The number of ether oxygens (including phenoxy) is 4. The zero-order chi connectivity index (χ0) is 43.9. The van der Waals surface area contributed by atoms with Gasteiger partial charge in [0.2, 0.25) is 0 Å². The van der Waals surface area contributed by atoms with Crippen LogP contribution < -0.4 is 0 Å². The lowest BCUT2D eigenvalue weighted by Gasteiger charge is -2.38. The minimum atomic E-state index is -1.87. The maximum absolute atomic E-state index is 12.8. The van der Waals surface area contributed by atoms with E-state index in [2.05, 4.69) is 86.8 Å². The lowest BCUT2D eigenvalue weighted by atomic mass is 9.99. The number of aliphatic hydroxyl groups excluding tert-OH is 3. The highest BCUT2D eigenvalue weighted by molar-refractivity contribution is 5.73. The van der Waals surface area contributed by atoms with Crippen LogP contribution in [0.1, 0.15) is 155 Å². The molecule has 1 rings (SSSR count). The molecular weight excluding hydrogens is 765 g/mol. The summed E-state index contributed by atoms with van der Waals surface area (Å²) >= 11 is 0. The Hall–Kier alpha value is -3.61. The molecule has 0 aliphatic carbocycles. The molecule has 0 saturated carbocycles. The molecule has 0 radical (unpaired) electrons. The molecule has 60 heavy (non-hydrogen) atoms. The molecule has 340 valence electrons. The second kappa shape index (κ2) is 38.3. The van der Waals surface area contributed by atoms with Gasteiger partial charge in [0.15, 0.2) is 18.5 Å². The smallest absolute Gasteiger partial charge is 0.335 e. The number of carboxylic acids is 1. The second-order valence-electron chi connectivity index (χ2n) is 15.2. The number of unbranched alkanes of at least 4 members (excludes halogenated alkanes) is 11. The average molecular weight is 843 g/mol.